The SMILES string of the molecule is CC(CCN(C)C)NS(=O)(=O)c1ccc(CCCO)cc1. The number of aliphatic hydroxyl groups is 1. The van der Waals surface area contributed by atoms with E-state index in [-0.39, 0.29) is 17.5 Å². The Morgan fingerprint density at radius 1 is 1.24 bits per heavy atom. The van der Waals surface area contributed by atoms with Gasteiger partial charge < -0.3 is 10.0 Å². The molecule has 1 atom stereocenters. The van der Waals surface area contributed by atoms with Crippen molar-refractivity contribution in [2.45, 2.75) is 37.1 Å². The van der Waals surface area contributed by atoms with Gasteiger partial charge in [-0.25, -0.2) is 13.1 Å². The molecule has 0 heterocycles. The molecule has 0 bridgehead atoms. The van der Waals surface area contributed by atoms with E-state index in [4.69, 9.17) is 5.11 Å². The van der Waals surface area contributed by atoms with E-state index in [2.05, 4.69) is 4.72 Å². The lowest BCUT2D eigenvalue weighted by molar-refractivity contribution is 0.288. The summed E-state index contributed by atoms with van der Waals surface area (Å²) in [4.78, 5) is 2.31. The lowest BCUT2D eigenvalue weighted by Crippen LogP contribution is -2.34. The summed E-state index contributed by atoms with van der Waals surface area (Å²) >= 11 is 0. The van der Waals surface area contributed by atoms with Crippen molar-refractivity contribution < 1.29 is 13.5 Å². The number of nitrogens with one attached hydrogen (secondary N) is 1. The molecule has 1 aromatic rings. The number of hydrogen-bond acceptors (Lipinski definition) is 4. The summed E-state index contributed by atoms with van der Waals surface area (Å²) in [6, 6.07) is 6.73. The van der Waals surface area contributed by atoms with Crippen LogP contribution < -0.4 is 4.72 Å². The van der Waals surface area contributed by atoms with Crippen molar-refractivity contribution >= 4 is 10.0 Å². The molecule has 1 rings (SSSR count). The Labute approximate surface area is 128 Å². The molecule has 2 N–H and O–H groups in total. The summed E-state index contributed by atoms with van der Waals surface area (Å²) in [5, 5.41) is 8.79. The molecule has 0 saturated carbocycles. The molecule has 6 heteroatoms. The number of aliphatic hydroxyl groups excluding tert-OH is 1. The molecule has 21 heavy (non-hydrogen) atoms. The molecular weight excluding hydrogens is 288 g/mol. The number of sulfonamides is 1. The van der Waals surface area contributed by atoms with Crippen LogP contribution in [0.4, 0.5) is 0 Å². The summed E-state index contributed by atoms with van der Waals surface area (Å²) in [6.07, 6.45) is 2.20. The van der Waals surface area contributed by atoms with Gasteiger partial charge in [-0.2, -0.15) is 0 Å². The number of nitrogens with zero attached hydrogens (tertiary/aromatic N) is 1. The van der Waals surface area contributed by atoms with Crippen molar-refractivity contribution in [1.82, 2.24) is 9.62 Å². The summed E-state index contributed by atoms with van der Waals surface area (Å²) in [5.41, 5.74) is 1.03. The zero-order valence-electron chi connectivity index (χ0n) is 13.0. The van der Waals surface area contributed by atoms with Crippen LogP contribution in [0.15, 0.2) is 29.2 Å². The Hall–Kier alpha value is -0.950. The fraction of sp³-hybridized carbons (Fsp3) is 0.600. The average molecular weight is 314 g/mol. The predicted molar refractivity (Wildman–Crippen MR) is 84.8 cm³/mol. The Morgan fingerprint density at radius 2 is 1.86 bits per heavy atom. The van der Waals surface area contributed by atoms with Crippen LogP contribution in [0.3, 0.4) is 0 Å². The second kappa shape index (κ2) is 8.48. The van der Waals surface area contributed by atoms with Gasteiger partial charge in [-0.3, -0.25) is 0 Å². The molecule has 0 amide bonds. The quantitative estimate of drug-likeness (QED) is 0.719. The molecule has 0 spiro atoms. The highest BCUT2D eigenvalue weighted by Gasteiger charge is 2.17. The van der Waals surface area contributed by atoms with E-state index >= 15 is 0 Å². The molecule has 0 aliphatic heterocycles. The minimum absolute atomic E-state index is 0.105. The van der Waals surface area contributed by atoms with E-state index in [0.29, 0.717) is 6.42 Å². The second-order valence-corrected chi connectivity index (χ2v) is 7.30. The van der Waals surface area contributed by atoms with Crippen LogP contribution in [0.1, 0.15) is 25.3 Å². The molecule has 0 radical (unpaired) electrons. The van der Waals surface area contributed by atoms with Gasteiger partial charge in [-0.05, 0) is 64.5 Å². The van der Waals surface area contributed by atoms with Gasteiger partial charge in [-0.1, -0.05) is 12.1 Å². The number of rotatable bonds is 9. The molecule has 0 aliphatic carbocycles. The Balaban J connectivity index is 2.65. The van der Waals surface area contributed by atoms with Gasteiger partial charge in [0, 0.05) is 12.6 Å². The van der Waals surface area contributed by atoms with Gasteiger partial charge in [0.15, 0.2) is 0 Å². The largest absolute Gasteiger partial charge is 0.396 e. The van der Waals surface area contributed by atoms with Gasteiger partial charge in [0.2, 0.25) is 10.0 Å². The lowest BCUT2D eigenvalue weighted by Gasteiger charge is -2.17. The number of benzene rings is 1. The summed E-state index contributed by atoms with van der Waals surface area (Å²) in [5.74, 6) is 0. The van der Waals surface area contributed by atoms with Crippen LogP contribution in [0, 0.1) is 0 Å². The molecule has 1 unspecified atom stereocenters. The molecule has 0 aromatic heterocycles. The zero-order valence-corrected chi connectivity index (χ0v) is 13.9. The van der Waals surface area contributed by atoms with E-state index in [1.165, 1.54) is 0 Å². The molecule has 0 fully saturated rings. The van der Waals surface area contributed by atoms with Gasteiger partial charge >= 0.3 is 0 Å². The van der Waals surface area contributed by atoms with Gasteiger partial charge in [0.25, 0.3) is 0 Å². The number of hydrogen-bond donors (Lipinski definition) is 2. The van der Waals surface area contributed by atoms with Gasteiger partial charge in [-0.15, -0.1) is 0 Å². The van der Waals surface area contributed by atoms with Crippen LogP contribution in [-0.4, -0.2) is 51.7 Å². The molecular formula is C15H26N2O3S. The Bertz CT molecular complexity index is 512. The predicted octanol–water partition coefficient (Wildman–Crippen LogP) is 1.23. The zero-order chi connectivity index (χ0) is 15.9. The Kier molecular flexibility index (Phi) is 7.31. The monoisotopic (exact) mass is 314 g/mol. The lowest BCUT2D eigenvalue weighted by atomic mass is 10.1. The fourth-order valence-corrected chi connectivity index (χ4v) is 3.24. The highest BCUT2D eigenvalue weighted by atomic mass is 32.2. The summed E-state index contributed by atoms with van der Waals surface area (Å²) in [6.45, 7) is 2.85. The van der Waals surface area contributed by atoms with Gasteiger partial charge in [0.05, 0.1) is 4.90 Å². The van der Waals surface area contributed by atoms with Crippen molar-refractivity contribution in [1.29, 1.82) is 0 Å². The third kappa shape index (κ3) is 6.56. The van der Waals surface area contributed by atoms with E-state index in [9.17, 15) is 8.42 Å². The first-order valence-corrected chi connectivity index (χ1v) is 8.70. The average Bonchev–Trinajstić information content (AvgIpc) is 2.43. The fourth-order valence-electron chi connectivity index (χ4n) is 1.96. The first-order chi connectivity index (χ1) is 9.85. The topological polar surface area (TPSA) is 69.6 Å². The third-order valence-corrected chi connectivity index (χ3v) is 4.83. The van der Waals surface area contributed by atoms with E-state index < -0.39 is 10.0 Å². The van der Waals surface area contributed by atoms with Crippen molar-refractivity contribution in [3.8, 4) is 0 Å². The Morgan fingerprint density at radius 3 is 2.38 bits per heavy atom. The van der Waals surface area contributed by atoms with Crippen molar-refractivity contribution in [2.75, 3.05) is 27.2 Å². The first kappa shape index (κ1) is 18.1. The van der Waals surface area contributed by atoms with Crippen molar-refractivity contribution in [3.63, 3.8) is 0 Å². The molecule has 0 aliphatic rings. The van der Waals surface area contributed by atoms with E-state index in [1.54, 1.807) is 24.3 Å². The van der Waals surface area contributed by atoms with Gasteiger partial charge in [0.1, 0.15) is 0 Å². The van der Waals surface area contributed by atoms with Crippen LogP contribution in [0.5, 0.6) is 0 Å². The minimum atomic E-state index is -3.46. The summed E-state index contributed by atoms with van der Waals surface area (Å²) < 4.78 is 27.2. The highest BCUT2D eigenvalue weighted by molar-refractivity contribution is 7.89. The molecule has 1 aromatic carbocycles. The maximum atomic E-state index is 12.2. The smallest absolute Gasteiger partial charge is 0.240 e. The summed E-state index contributed by atoms with van der Waals surface area (Å²) in [7, 11) is 0.467. The van der Waals surface area contributed by atoms with Crippen molar-refractivity contribution in [3.05, 3.63) is 29.8 Å². The van der Waals surface area contributed by atoms with Crippen LogP contribution in [-0.2, 0) is 16.4 Å². The molecule has 5 nitrogen and oxygen atoms in total. The maximum Gasteiger partial charge on any atom is 0.240 e. The van der Waals surface area contributed by atoms with Crippen LogP contribution in [0.25, 0.3) is 0 Å². The number of aryl methyl sites for hydroxylation is 1. The first-order valence-electron chi connectivity index (χ1n) is 7.22. The molecule has 0 saturated heterocycles. The minimum Gasteiger partial charge on any atom is -0.396 e. The van der Waals surface area contributed by atoms with Crippen molar-refractivity contribution in [2.24, 2.45) is 0 Å². The highest BCUT2D eigenvalue weighted by Crippen LogP contribution is 2.12. The normalized spacial score (nSPS) is 13.6. The van der Waals surface area contributed by atoms with Crippen LogP contribution in [0.2, 0.25) is 0 Å². The standard InChI is InChI=1S/C15H26N2O3S/c1-13(10-11-17(2)3)16-21(19,20)15-8-6-14(7-9-15)5-4-12-18/h6-9,13,16,18H,4-5,10-12H2,1-3H3. The van der Waals surface area contributed by atoms with Crippen LogP contribution >= 0.6 is 0 Å². The maximum absolute atomic E-state index is 12.2. The molecule has 120 valence electrons. The van der Waals surface area contributed by atoms with E-state index in [0.717, 1.165) is 24.9 Å². The second-order valence-electron chi connectivity index (χ2n) is 5.59. The third-order valence-electron chi connectivity index (χ3n) is 3.22. The van der Waals surface area contributed by atoms with E-state index in [1.807, 2.05) is 25.9 Å².